The van der Waals surface area contributed by atoms with E-state index in [0.29, 0.717) is 12.1 Å². The van der Waals surface area contributed by atoms with Crippen molar-refractivity contribution in [3.05, 3.63) is 35.4 Å². The van der Waals surface area contributed by atoms with Gasteiger partial charge in [-0.3, -0.25) is 0 Å². The Morgan fingerprint density at radius 2 is 1.81 bits per heavy atom. The lowest BCUT2D eigenvalue weighted by Gasteiger charge is -2.41. The van der Waals surface area contributed by atoms with Gasteiger partial charge in [-0.15, -0.1) is 0 Å². The van der Waals surface area contributed by atoms with Gasteiger partial charge in [0.2, 0.25) is 6.43 Å². The van der Waals surface area contributed by atoms with Crippen molar-refractivity contribution >= 4 is 0 Å². The predicted octanol–water partition coefficient (Wildman–Crippen LogP) is 2.87. The van der Waals surface area contributed by atoms with Crippen LogP contribution in [0.15, 0.2) is 24.3 Å². The Morgan fingerprint density at radius 1 is 1.19 bits per heavy atom. The van der Waals surface area contributed by atoms with Gasteiger partial charge in [0.15, 0.2) is 0 Å². The van der Waals surface area contributed by atoms with Crippen LogP contribution in [0.1, 0.15) is 30.4 Å². The number of alkyl halides is 2. The number of halogens is 2. The second-order valence-corrected chi connectivity index (χ2v) is 4.63. The molecule has 0 unspecified atom stereocenters. The average molecular weight is 225 g/mol. The number of hydrogen-bond donors (Lipinski definition) is 1. The molecule has 16 heavy (non-hydrogen) atoms. The van der Waals surface area contributed by atoms with Crippen molar-refractivity contribution in [2.45, 2.75) is 37.5 Å². The molecular weight excluding hydrogens is 208 g/mol. The molecule has 1 fully saturated rings. The van der Waals surface area contributed by atoms with E-state index < -0.39 is 6.43 Å². The van der Waals surface area contributed by atoms with Crippen LogP contribution in [0, 0.1) is 0 Å². The Bertz CT molecular complexity index is 336. The first-order valence-electron chi connectivity index (χ1n) is 5.74. The van der Waals surface area contributed by atoms with Crippen LogP contribution in [0.5, 0.6) is 0 Å². The van der Waals surface area contributed by atoms with Crippen molar-refractivity contribution < 1.29 is 8.78 Å². The highest BCUT2D eigenvalue weighted by Gasteiger charge is 2.36. The zero-order valence-electron chi connectivity index (χ0n) is 9.26. The molecule has 0 aromatic heterocycles. The third-order valence-corrected chi connectivity index (χ3v) is 3.66. The second kappa shape index (κ2) is 4.50. The van der Waals surface area contributed by atoms with Crippen LogP contribution in [0.3, 0.4) is 0 Å². The molecule has 88 valence electrons. The maximum atomic E-state index is 12.2. The summed E-state index contributed by atoms with van der Waals surface area (Å²) in [5, 5.41) is 0. The summed E-state index contributed by atoms with van der Waals surface area (Å²) in [4.78, 5) is 0. The van der Waals surface area contributed by atoms with Crippen molar-refractivity contribution in [3.63, 3.8) is 0 Å². The second-order valence-electron chi connectivity index (χ2n) is 4.63. The minimum atomic E-state index is -2.27. The van der Waals surface area contributed by atoms with Crippen LogP contribution in [0.25, 0.3) is 0 Å². The molecule has 0 heterocycles. The Balaban J connectivity index is 2.12. The molecule has 1 aliphatic carbocycles. The van der Waals surface area contributed by atoms with Gasteiger partial charge < -0.3 is 5.73 Å². The molecule has 0 aliphatic heterocycles. The highest BCUT2D eigenvalue weighted by Crippen LogP contribution is 2.42. The van der Waals surface area contributed by atoms with Crippen LogP contribution >= 0.6 is 0 Å². The maximum Gasteiger partial charge on any atom is 0.242 e. The first kappa shape index (κ1) is 11.5. The number of rotatable bonds is 4. The fourth-order valence-corrected chi connectivity index (χ4v) is 2.39. The molecule has 0 spiro atoms. The summed E-state index contributed by atoms with van der Waals surface area (Å²) in [6.07, 6.45) is 1.04. The summed E-state index contributed by atoms with van der Waals surface area (Å²) in [7, 11) is 0. The molecular formula is C13H17F2N. The van der Waals surface area contributed by atoms with E-state index in [0.717, 1.165) is 12.8 Å². The van der Waals surface area contributed by atoms with E-state index in [1.807, 2.05) is 12.1 Å². The van der Waals surface area contributed by atoms with Gasteiger partial charge in [0.05, 0.1) is 0 Å². The lowest BCUT2D eigenvalue weighted by atomic mass is 9.64. The van der Waals surface area contributed by atoms with Crippen LogP contribution in [-0.2, 0) is 11.8 Å². The summed E-state index contributed by atoms with van der Waals surface area (Å²) in [5.41, 5.74) is 7.83. The third kappa shape index (κ3) is 2.09. The fourth-order valence-electron chi connectivity index (χ4n) is 2.39. The largest absolute Gasteiger partial charge is 0.330 e. The highest BCUT2D eigenvalue weighted by atomic mass is 19.3. The Labute approximate surface area is 94.7 Å². The molecule has 0 amide bonds. The van der Waals surface area contributed by atoms with Crippen LogP contribution in [-0.4, -0.2) is 13.0 Å². The number of benzene rings is 1. The van der Waals surface area contributed by atoms with E-state index >= 15 is 0 Å². The van der Waals surface area contributed by atoms with Crippen molar-refractivity contribution in [1.29, 1.82) is 0 Å². The summed E-state index contributed by atoms with van der Waals surface area (Å²) < 4.78 is 24.4. The molecule has 1 saturated carbocycles. The molecule has 1 aromatic rings. The maximum absolute atomic E-state index is 12.2. The zero-order valence-corrected chi connectivity index (χ0v) is 9.26. The molecule has 3 heteroatoms. The molecule has 1 nitrogen and oxygen atoms in total. The summed E-state index contributed by atoms with van der Waals surface area (Å²) in [5.74, 6) is 0. The van der Waals surface area contributed by atoms with E-state index in [9.17, 15) is 8.78 Å². The fraction of sp³-hybridized carbons (Fsp3) is 0.538. The van der Waals surface area contributed by atoms with Crippen molar-refractivity contribution in [2.75, 3.05) is 6.54 Å². The number of nitrogens with two attached hydrogens (primary N) is 1. The standard InChI is InChI=1S/C13H17F2N/c14-12(15)8-10-2-4-11(5-3-10)13(9-16)6-1-7-13/h2-5,12H,1,6-9,16H2. The highest BCUT2D eigenvalue weighted by molar-refractivity contribution is 5.31. The third-order valence-electron chi connectivity index (χ3n) is 3.66. The predicted molar refractivity (Wildman–Crippen MR) is 60.7 cm³/mol. The van der Waals surface area contributed by atoms with Gasteiger partial charge in [-0.2, -0.15) is 0 Å². The normalized spacial score (nSPS) is 18.5. The summed E-state index contributed by atoms with van der Waals surface area (Å²) >= 11 is 0. The molecule has 2 rings (SSSR count). The van der Waals surface area contributed by atoms with Crippen LogP contribution < -0.4 is 5.73 Å². The van der Waals surface area contributed by atoms with Gasteiger partial charge in [-0.1, -0.05) is 30.7 Å². The van der Waals surface area contributed by atoms with E-state index in [2.05, 4.69) is 0 Å². The van der Waals surface area contributed by atoms with Crippen molar-refractivity contribution in [1.82, 2.24) is 0 Å². The first-order chi connectivity index (χ1) is 7.66. The quantitative estimate of drug-likeness (QED) is 0.837. The smallest absolute Gasteiger partial charge is 0.242 e. The lowest BCUT2D eigenvalue weighted by molar-refractivity contribution is 0.149. The van der Waals surface area contributed by atoms with Crippen molar-refractivity contribution in [3.8, 4) is 0 Å². The van der Waals surface area contributed by atoms with E-state index in [1.54, 1.807) is 12.1 Å². The van der Waals surface area contributed by atoms with E-state index in [4.69, 9.17) is 5.73 Å². The van der Waals surface area contributed by atoms with Gasteiger partial charge in [0.1, 0.15) is 0 Å². The molecule has 0 bridgehead atoms. The molecule has 0 saturated heterocycles. The zero-order chi connectivity index (χ0) is 11.6. The van der Waals surface area contributed by atoms with Gasteiger partial charge >= 0.3 is 0 Å². The van der Waals surface area contributed by atoms with Gasteiger partial charge in [0.25, 0.3) is 0 Å². The summed E-state index contributed by atoms with van der Waals surface area (Å²) in [6, 6.07) is 7.53. The topological polar surface area (TPSA) is 26.0 Å². The Morgan fingerprint density at radius 3 is 2.19 bits per heavy atom. The SMILES string of the molecule is NCC1(c2ccc(CC(F)F)cc2)CCC1. The molecule has 0 radical (unpaired) electrons. The molecule has 1 aromatic carbocycles. The average Bonchev–Trinajstić information content (AvgIpc) is 2.19. The van der Waals surface area contributed by atoms with Crippen molar-refractivity contribution in [2.24, 2.45) is 5.73 Å². The van der Waals surface area contributed by atoms with E-state index in [-0.39, 0.29) is 11.8 Å². The molecule has 2 N–H and O–H groups in total. The van der Waals surface area contributed by atoms with Gasteiger partial charge in [-0.05, 0) is 24.0 Å². The molecule has 1 aliphatic rings. The lowest BCUT2D eigenvalue weighted by Crippen LogP contribution is -2.41. The van der Waals surface area contributed by atoms with Gasteiger partial charge in [0, 0.05) is 18.4 Å². The minimum absolute atomic E-state index is 0.128. The van der Waals surface area contributed by atoms with Crippen LogP contribution in [0.2, 0.25) is 0 Å². The number of hydrogen-bond acceptors (Lipinski definition) is 1. The summed E-state index contributed by atoms with van der Waals surface area (Å²) in [6.45, 7) is 0.654. The first-order valence-corrected chi connectivity index (χ1v) is 5.74. The van der Waals surface area contributed by atoms with Crippen LogP contribution in [0.4, 0.5) is 8.78 Å². The Kier molecular flexibility index (Phi) is 3.24. The monoisotopic (exact) mass is 225 g/mol. The van der Waals surface area contributed by atoms with E-state index in [1.165, 1.54) is 12.0 Å². The minimum Gasteiger partial charge on any atom is -0.330 e. The Hall–Kier alpha value is -0.960. The molecule has 0 atom stereocenters. The van der Waals surface area contributed by atoms with Gasteiger partial charge in [-0.25, -0.2) is 8.78 Å².